The van der Waals surface area contributed by atoms with Crippen LogP contribution in [0.1, 0.15) is 31.5 Å². The van der Waals surface area contributed by atoms with E-state index in [1.165, 1.54) is 0 Å². The molecule has 102 valence electrons. The van der Waals surface area contributed by atoms with E-state index >= 15 is 0 Å². The van der Waals surface area contributed by atoms with E-state index < -0.39 is 0 Å². The molecule has 0 bridgehead atoms. The average Bonchev–Trinajstić information content (AvgIpc) is 2.85. The summed E-state index contributed by atoms with van der Waals surface area (Å²) in [6, 6.07) is 0. The zero-order chi connectivity index (χ0) is 12.8. The van der Waals surface area contributed by atoms with Crippen LogP contribution in [0.2, 0.25) is 0 Å². The van der Waals surface area contributed by atoms with E-state index in [2.05, 4.69) is 28.9 Å². The van der Waals surface area contributed by atoms with Crippen LogP contribution in [-0.4, -0.2) is 53.7 Å². The average molecular weight is 271 g/mol. The highest BCUT2D eigenvalue weighted by molar-refractivity contribution is 7.98. The molecule has 0 radical (unpaired) electrons. The first-order valence-corrected chi connectivity index (χ1v) is 7.61. The van der Waals surface area contributed by atoms with Crippen LogP contribution in [0.3, 0.4) is 0 Å². The summed E-state index contributed by atoms with van der Waals surface area (Å²) in [5.41, 5.74) is 0. The predicted octanol–water partition coefficient (Wildman–Crippen LogP) is 1.76. The normalized spacial score (nSPS) is 17.5. The quantitative estimate of drug-likeness (QED) is 0.735. The van der Waals surface area contributed by atoms with Crippen molar-refractivity contribution in [2.45, 2.75) is 25.5 Å². The molecule has 18 heavy (non-hydrogen) atoms. The summed E-state index contributed by atoms with van der Waals surface area (Å²) in [6.45, 7) is 9.07. The largest absolute Gasteiger partial charge is 0.424 e. The van der Waals surface area contributed by atoms with Gasteiger partial charge in [-0.05, 0) is 0 Å². The molecule has 0 amide bonds. The van der Waals surface area contributed by atoms with Crippen LogP contribution in [0.15, 0.2) is 4.42 Å². The summed E-state index contributed by atoms with van der Waals surface area (Å²) >= 11 is 1.85. The van der Waals surface area contributed by atoms with Crippen molar-refractivity contribution in [1.82, 2.24) is 15.1 Å². The molecule has 0 saturated carbocycles. The molecule has 0 atom stereocenters. The number of hydrogen-bond donors (Lipinski definition) is 0. The maximum absolute atomic E-state index is 5.56. The van der Waals surface area contributed by atoms with E-state index in [4.69, 9.17) is 9.15 Å². The van der Waals surface area contributed by atoms with Crippen LogP contribution >= 0.6 is 11.8 Å². The topological polar surface area (TPSA) is 51.4 Å². The number of thioether (sulfide) groups is 1. The molecule has 0 aliphatic carbocycles. The van der Waals surface area contributed by atoms with Crippen LogP contribution in [0.25, 0.3) is 0 Å². The Bertz CT molecular complexity index is 351. The highest BCUT2D eigenvalue weighted by Crippen LogP contribution is 2.16. The standard InChI is InChI=1S/C12H21N3O2S/c1-10(2)12-14-13-11(17-12)9-18-8-5-15-3-6-16-7-4-15/h10H,3-9H2,1-2H3. The van der Waals surface area contributed by atoms with Gasteiger partial charge in [-0.3, -0.25) is 4.90 Å². The van der Waals surface area contributed by atoms with Gasteiger partial charge in [-0.25, -0.2) is 0 Å². The van der Waals surface area contributed by atoms with Crippen LogP contribution in [-0.2, 0) is 10.5 Å². The van der Waals surface area contributed by atoms with Crippen LogP contribution in [0.4, 0.5) is 0 Å². The minimum Gasteiger partial charge on any atom is -0.424 e. The highest BCUT2D eigenvalue weighted by atomic mass is 32.2. The zero-order valence-corrected chi connectivity index (χ0v) is 11.9. The van der Waals surface area contributed by atoms with Gasteiger partial charge in [0, 0.05) is 31.3 Å². The molecule has 0 unspecified atom stereocenters. The molecule has 1 aromatic rings. The second kappa shape index (κ2) is 7.11. The maximum Gasteiger partial charge on any atom is 0.226 e. The third kappa shape index (κ3) is 4.26. The molecular formula is C12H21N3O2S. The minimum atomic E-state index is 0.310. The molecule has 1 fully saturated rings. The maximum atomic E-state index is 5.56. The first-order chi connectivity index (χ1) is 8.75. The van der Waals surface area contributed by atoms with Gasteiger partial charge in [0.05, 0.1) is 19.0 Å². The number of aromatic nitrogens is 2. The van der Waals surface area contributed by atoms with Crippen molar-refractivity contribution in [1.29, 1.82) is 0 Å². The van der Waals surface area contributed by atoms with Crippen molar-refractivity contribution in [2.75, 3.05) is 38.6 Å². The molecule has 1 aliphatic rings. The second-order valence-corrected chi connectivity index (χ2v) is 5.80. The summed E-state index contributed by atoms with van der Waals surface area (Å²) < 4.78 is 10.9. The molecule has 6 heteroatoms. The van der Waals surface area contributed by atoms with Crippen molar-refractivity contribution in [3.8, 4) is 0 Å². The Hall–Kier alpha value is -0.590. The molecule has 0 spiro atoms. The number of nitrogens with zero attached hydrogens (tertiary/aromatic N) is 3. The first-order valence-electron chi connectivity index (χ1n) is 6.46. The summed E-state index contributed by atoms with van der Waals surface area (Å²) in [4.78, 5) is 2.43. The Labute approximate surface area is 112 Å². The van der Waals surface area contributed by atoms with Gasteiger partial charge >= 0.3 is 0 Å². The molecule has 1 aromatic heterocycles. The number of rotatable bonds is 6. The lowest BCUT2D eigenvalue weighted by molar-refractivity contribution is 0.0410. The lowest BCUT2D eigenvalue weighted by Crippen LogP contribution is -2.37. The summed E-state index contributed by atoms with van der Waals surface area (Å²) in [5, 5.41) is 8.08. The van der Waals surface area contributed by atoms with Gasteiger partial charge in [-0.1, -0.05) is 13.8 Å². The van der Waals surface area contributed by atoms with Crippen molar-refractivity contribution in [3.05, 3.63) is 11.8 Å². The van der Waals surface area contributed by atoms with Gasteiger partial charge in [-0.2, -0.15) is 11.8 Å². The van der Waals surface area contributed by atoms with Crippen molar-refractivity contribution in [3.63, 3.8) is 0 Å². The SMILES string of the molecule is CC(C)c1nnc(CSCCN2CCOCC2)o1. The number of morpholine rings is 1. The van der Waals surface area contributed by atoms with Crippen molar-refractivity contribution < 1.29 is 9.15 Å². The molecule has 0 aromatic carbocycles. The van der Waals surface area contributed by atoms with Crippen LogP contribution in [0, 0.1) is 0 Å². The van der Waals surface area contributed by atoms with E-state index in [0.29, 0.717) is 5.92 Å². The van der Waals surface area contributed by atoms with E-state index in [-0.39, 0.29) is 0 Å². The lowest BCUT2D eigenvalue weighted by atomic mass is 10.2. The molecule has 1 saturated heterocycles. The fraction of sp³-hybridized carbons (Fsp3) is 0.833. The third-order valence-electron chi connectivity index (χ3n) is 2.86. The Morgan fingerprint density at radius 2 is 2.06 bits per heavy atom. The molecule has 2 rings (SSSR count). The van der Waals surface area contributed by atoms with Gasteiger partial charge in [0.1, 0.15) is 0 Å². The van der Waals surface area contributed by atoms with Gasteiger partial charge in [-0.15, -0.1) is 10.2 Å². The van der Waals surface area contributed by atoms with Gasteiger partial charge in [0.25, 0.3) is 0 Å². The molecule has 2 heterocycles. The van der Waals surface area contributed by atoms with Crippen LogP contribution in [0.5, 0.6) is 0 Å². The Balaban J connectivity index is 1.62. The smallest absolute Gasteiger partial charge is 0.226 e. The summed E-state index contributed by atoms with van der Waals surface area (Å²) in [7, 11) is 0. The molecule has 5 nitrogen and oxygen atoms in total. The van der Waals surface area contributed by atoms with E-state index in [1.807, 2.05) is 11.8 Å². The zero-order valence-electron chi connectivity index (χ0n) is 11.1. The minimum absolute atomic E-state index is 0.310. The number of hydrogen-bond acceptors (Lipinski definition) is 6. The van der Waals surface area contributed by atoms with E-state index in [0.717, 1.165) is 56.1 Å². The van der Waals surface area contributed by atoms with Crippen molar-refractivity contribution in [2.24, 2.45) is 0 Å². The fourth-order valence-electron chi connectivity index (χ4n) is 1.74. The Morgan fingerprint density at radius 1 is 1.28 bits per heavy atom. The summed E-state index contributed by atoms with van der Waals surface area (Å²) in [6.07, 6.45) is 0. The summed E-state index contributed by atoms with van der Waals surface area (Å²) in [5.74, 6) is 3.69. The lowest BCUT2D eigenvalue weighted by Gasteiger charge is -2.26. The van der Waals surface area contributed by atoms with Gasteiger partial charge in [0.2, 0.25) is 11.8 Å². The van der Waals surface area contributed by atoms with Crippen LogP contribution < -0.4 is 0 Å². The number of ether oxygens (including phenoxy) is 1. The van der Waals surface area contributed by atoms with E-state index in [9.17, 15) is 0 Å². The fourth-order valence-corrected chi connectivity index (χ4v) is 2.56. The molecule has 1 aliphatic heterocycles. The highest BCUT2D eigenvalue weighted by Gasteiger charge is 2.11. The third-order valence-corrected chi connectivity index (χ3v) is 3.78. The molecule has 0 N–H and O–H groups in total. The Kier molecular flexibility index (Phi) is 5.46. The van der Waals surface area contributed by atoms with E-state index in [1.54, 1.807) is 0 Å². The van der Waals surface area contributed by atoms with Gasteiger partial charge in [0.15, 0.2) is 0 Å². The van der Waals surface area contributed by atoms with Crippen molar-refractivity contribution >= 4 is 11.8 Å². The molecular weight excluding hydrogens is 250 g/mol. The Morgan fingerprint density at radius 3 is 2.72 bits per heavy atom. The predicted molar refractivity (Wildman–Crippen MR) is 71.8 cm³/mol. The van der Waals surface area contributed by atoms with Gasteiger partial charge < -0.3 is 9.15 Å². The monoisotopic (exact) mass is 271 g/mol. The second-order valence-electron chi connectivity index (χ2n) is 4.70. The first kappa shape index (κ1) is 13.8.